The van der Waals surface area contributed by atoms with E-state index in [0.717, 1.165) is 36.7 Å². The van der Waals surface area contributed by atoms with Gasteiger partial charge in [0.1, 0.15) is 5.82 Å². The second-order valence-electron chi connectivity index (χ2n) is 8.51. The number of carbonyl (C=O) groups is 1. The molecule has 2 fully saturated rings. The van der Waals surface area contributed by atoms with Crippen LogP contribution in [0.2, 0.25) is 0 Å². The summed E-state index contributed by atoms with van der Waals surface area (Å²) in [7, 11) is 1.93. The number of carbonyl (C=O) groups excluding carboxylic acids is 1. The molecule has 3 aromatic rings. The van der Waals surface area contributed by atoms with Gasteiger partial charge in [0.2, 0.25) is 5.91 Å². The molecule has 5 N–H and O–H groups in total. The van der Waals surface area contributed by atoms with Crippen LogP contribution in [-0.4, -0.2) is 52.0 Å². The van der Waals surface area contributed by atoms with Gasteiger partial charge in [0.25, 0.3) is 0 Å². The third-order valence-electron chi connectivity index (χ3n) is 6.40. The fourth-order valence-electron chi connectivity index (χ4n) is 4.53. The van der Waals surface area contributed by atoms with Crippen molar-refractivity contribution in [3.8, 4) is 22.8 Å². The first-order chi connectivity index (χ1) is 15.6. The molecule has 9 nitrogen and oxygen atoms in total. The van der Waals surface area contributed by atoms with Crippen LogP contribution in [0, 0.1) is 11.8 Å². The molecule has 9 heteroatoms. The molecule has 2 aliphatic rings. The molecular weight excluding hydrogens is 404 g/mol. The van der Waals surface area contributed by atoms with Crippen molar-refractivity contribution in [2.45, 2.75) is 25.9 Å². The zero-order chi connectivity index (χ0) is 22.2. The van der Waals surface area contributed by atoms with E-state index in [2.05, 4.69) is 54.8 Å². The van der Waals surface area contributed by atoms with Crippen molar-refractivity contribution in [3.05, 3.63) is 42.2 Å². The molecule has 1 aliphatic carbocycles. The maximum atomic E-state index is 11.7. The number of piperidine rings is 1. The van der Waals surface area contributed by atoms with E-state index < -0.39 is 0 Å². The zero-order valence-electron chi connectivity index (χ0n) is 18.3. The molecule has 166 valence electrons. The second kappa shape index (κ2) is 8.23. The Morgan fingerprint density at radius 1 is 1.19 bits per heavy atom. The third kappa shape index (κ3) is 3.80. The number of nitrogen functional groups attached to an aromatic ring is 1. The number of H-pyrrole nitrogens is 1. The summed E-state index contributed by atoms with van der Waals surface area (Å²) >= 11 is 0. The predicted octanol–water partition coefficient (Wildman–Crippen LogP) is 1.80. The van der Waals surface area contributed by atoms with Crippen LogP contribution in [0.15, 0.2) is 36.7 Å². The van der Waals surface area contributed by atoms with Crippen LogP contribution in [0.3, 0.4) is 0 Å². The third-order valence-corrected chi connectivity index (χ3v) is 6.40. The highest BCUT2D eigenvalue weighted by molar-refractivity contribution is 5.76. The number of aromatic amines is 1. The van der Waals surface area contributed by atoms with E-state index in [1.807, 2.05) is 14.0 Å². The number of hydrogen-bond donors (Lipinski definition) is 4. The quantitative estimate of drug-likeness (QED) is 0.449. The number of imidazole rings is 1. The molecule has 32 heavy (non-hydrogen) atoms. The van der Waals surface area contributed by atoms with Crippen LogP contribution < -0.4 is 21.3 Å². The van der Waals surface area contributed by atoms with Gasteiger partial charge in [-0.15, -0.1) is 0 Å². The van der Waals surface area contributed by atoms with E-state index in [0.29, 0.717) is 41.6 Å². The van der Waals surface area contributed by atoms with Gasteiger partial charge >= 0.3 is 0 Å². The van der Waals surface area contributed by atoms with E-state index in [9.17, 15) is 4.79 Å². The lowest BCUT2D eigenvalue weighted by Gasteiger charge is -2.21. The van der Waals surface area contributed by atoms with Crippen molar-refractivity contribution in [2.75, 3.05) is 30.8 Å². The predicted molar refractivity (Wildman–Crippen MR) is 124 cm³/mol. The van der Waals surface area contributed by atoms with Gasteiger partial charge in [-0.1, -0.05) is 31.2 Å². The molecule has 1 saturated heterocycles. The number of fused-ring (bicyclic) bond motifs is 1. The van der Waals surface area contributed by atoms with E-state index >= 15 is 0 Å². The SMILES string of the molecule is CCC(=O)NC1[C@H]2CN(c3cnc(N)c(-c4ncc(-c5ccc(CNC)cc5)[nH]4)n3)C[C@@H]12. The smallest absolute Gasteiger partial charge is 0.219 e. The van der Waals surface area contributed by atoms with E-state index in [4.69, 9.17) is 10.7 Å². The lowest BCUT2D eigenvalue weighted by atomic mass is 10.1. The molecule has 1 aromatic carbocycles. The van der Waals surface area contributed by atoms with Crippen LogP contribution in [0.25, 0.3) is 22.8 Å². The number of nitrogens with zero attached hydrogens (tertiary/aromatic N) is 4. The molecule has 2 aromatic heterocycles. The summed E-state index contributed by atoms with van der Waals surface area (Å²) < 4.78 is 0. The Morgan fingerprint density at radius 2 is 1.94 bits per heavy atom. The first-order valence-electron chi connectivity index (χ1n) is 11.0. The summed E-state index contributed by atoms with van der Waals surface area (Å²) in [4.78, 5) is 30.9. The van der Waals surface area contributed by atoms with Gasteiger partial charge in [0, 0.05) is 43.9 Å². The lowest BCUT2D eigenvalue weighted by molar-refractivity contribution is -0.121. The van der Waals surface area contributed by atoms with Crippen molar-refractivity contribution < 1.29 is 4.79 Å². The normalized spacial score (nSPS) is 21.4. The maximum absolute atomic E-state index is 11.7. The average molecular weight is 433 g/mol. The van der Waals surface area contributed by atoms with Crippen LogP contribution in [0.4, 0.5) is 11.6 Å². The minimum Gasteiger partial charge on any atom is -0.382 e. The van der Waals surface area contributed by atoms with Gasteiger partial charge in [-0.25, -0.2) is 15.0 Å². The van der Waals surface area contributed by atoms with E-state index in [-0.39, 0.29) is 5.91 Å². The number of anilines is 2. The molecule has 0 spiro atoms. The summed E-state index contributed by atoms with van der Waals surface area (Å²) in [5, 5.41) is 6.26. The Hall–Kier alpha value is -3.46. The highest BCUT2D eigenvalue weighted by Gasteiger charge is 2.56. The number of nitrogens with one attached hydrogen (secondary N) is 3. The van der Waals surface area contributed by atoms with E-state index in [1.165, 1.54) is 5.56 Å². The summed E-state index contributed by atoms with van der Waals surface area (Å²) in [6.07, 6.45) is 4.04. The monoisotopic (exact) mass is 432 g/mol. The molecule has 0 radical (unpaired) electrons. The Balaban J connectivity index is 1.31. The van der Waals surface area contributed by atoms with Crippen molar-refractivity contribution in [1.29, 1.82) is 0 Å². The van der Waals surface area contributed by atoms with Crippen LogP contribution in [0.5, 0.6) is 0 Å². The molecule has 3 atom stereocenters. The van der Waals surface area contributed by atoms with Crippen LogP contribution >= 0.6 is 0 Å². The minimum atomic E-state index is 0.121. The molecule has 1 amide bonds. The molecule has 0 bridgehead atoms. The van der Waals surface area contributed by atoms with Gasteiger partial charge in [-0.05, 0) is 18.2 Å². The van der Waals surface area contributed by atoms with Crippen LogP contribution in [-0.2, 0) is 11.3 Å². The highest BCUT2D eigenvalue weighted by atomic mass is 16.1. The first-order valence-corrected chi connectivity index (χ1v) is 11.0. The van der Waals surface area contributed by atoms with Crippen LogP contribution in [0.1, 0.15) is 18.9 Å². The highest BCUT2D eigenvalue weighted by Crippen LogP contribution is 2.46. The maximum Gasteiger partial charge on any atom is 0.219 e. The van der Waals surface area contributed by atoms with E-state index in [1.54, 1.807) is 12.4 Å². The van der Waals surface area contributed by atoms with Gasteiger partial charge in [-0.3, -0.25) is 4.79 Å². The Bertz CT molecular complexity index is 1110. The van der Waals surface area contributed by atoms with Crippen molar-refractivity contribution in [1.82, 2.24) is 30.6 Å². The van der Waals surface area contributed by atoms with Gasteiger partial charge in [0.05, 0.1) is 18.1 Å². The molecule has 1 unspecified atom stereocenters. The Labute approximate surface area is 186 Å². The summed E-state index contributed by atoms with van der Waals surface area (Å²) in [5.41, 5.74) is 9.87. The summed E-state index contributed by atoms with van der Waals surface area (Å²) in [5.74, 6) is 2.82. The number of benzene rings is 1. The second-order valence-corrected chi connectivity index (χ2v) is 8.51. The van der Waals surface area contributed by atoms with Crippen molar-refractivity contribution in [2.24, 2.45) is 11.8 Å². The number of amides is 1. The standard InChI is InChI=1S/C23H28N8O/c1-3-19(32)30-20-15-11-31(12-16(15)20)18-10-26-22(24)21(29-18)23-27-9-17(28-23)14-6-4-13(5-7-14)8-25-2/h4-7,9-10,15-16,20,25H,3,8,11-12H2,1-2H3,(H2,24,26)(H,27,28)(H,30,32)/t15-,16+,20?. The fourth-order valence-corrected chi connectivity index (χ4v) is 4.53. The van der Waals surface area contributed by atoms with Crippen molar-refractivity contribution >= 4 is 17.5 Å². The largest absolute Gasteiger partial charge is 0.382 e. The summed E-state index contributed by atoms with van der Waals surface area (Å²) in [6.45, 7) is 4.43. The Kier molecular flexibility index (Phi) is 5.26. The van der Waals surface area contributed by atoms with Gasteiger partial charge in [-0.2, -0.15) is 0 Å². The molecule has 3 heterocycles. The van der Waals surface area contributed by atoms with Crippen molar-refractivity contribution in [3.63, 3.8) is 0 Å². The van der Waals surface area contributed by atoms with Gasteiger partial charge < -0.3 is 26.3 Å². The molecular formula is C23H28N8O. The minimum absolute atomic E-state index is 0.121. The fraction of sp³-hybridized carbons (Fsp3) is 0.391. The first kappa shape index (κ1) is 20.4. The Morgan fingerprint density at radius 3 is 2.62 bits per heavy atom. The lowest BCUT2D eigenvalue weighted by Crippen LogP contribution is -2.34. The topological polar surface area (TPSA) is 125 Å². The zero-order valence-corrected chi connectivity index (χ0v) is 18.3. The van der Waals surface area contributed by atoms with Gasteiger partial charge in [0.15, 0.2) is 17.3 Å². The summed E-state index contributed by atoms with van der Waals surface area (Å²) in [6, 6.07) is 8.62. The number of nitrogens with two attached hydrogens (primary N) is 1. The number of aromatic nitrogens is 4. The molecule has 1 aliphatic heterocycles. The molecule has 1 saturated carbocycles. The number of rotatable bonds is 7. The molecule has 5 rings (SSSR count). The number of hydrogen-bond acceptors (Lipinski definition) is 7. The average Bonchev–Trinajstić information content (AvgIpc) is 3.20.